The van der Waals surface area contributed by atoms with Crippen LogP contribution in [0.4, 0.5) is 5.82 Å². The fourth-order valence-corrected chi connectivity index (χ4v) is 3.00. The highest BCUT2D eigenvalue weighted by Crippen LogP contribution is 2.14. The molecule has 2 aromatic rings. The Kier molecular flexibility index (Phi) is 6.01. The van der Waals surface area contributed by atoms with Crippen LogP contribution in [-0.2, 0) is 9.53 Å². The van der Waals surface area contributed by atoms with Crippen molar-refractivity contribution in [3.05, 3.63) is 52.8 Å². The van der Waals surface area contributed by atoms with Crippen LogP contribution < -0.4 is 10.5 Å². The maximum atomic E-state index is 12.2. The molecule has 1 aliphatic rings. The Labute approximate surface area is 152 Å². The lowest BCUT2D eigenvalue weighted by Gasteiger charge is -2.23. The van der Waals surface area contributed by atoms with Gasteiger partial charge in [-0.1, -0.05) is 18.2 Å². The first-order chi connectivity index (χ1) is 12.7. The van der Waals surface area contributed by atoms with Gasteiger partial charge in [-0.2, -0.15) is 4.68 Å². The van der Waals surface area contributed by atoms with Crippen molar-refractivity contribution in [1.29, 1.82) is 0 Å². The quantitative estimate of drug-likeness (QED) is 0.808. The molecule has 1 aromatic heterocycles. The van der Waals surface area contributed by atoms with Gasteiger partial charge in [0.1, 0.15) is 12.4 Å². The first-order valence-electron chi connectivity index (χ1n) is 8.95. The summed E-state index contributed by atoms with van der Waals surface area (Å²) >= 11 is 0. The van der Waals surface area contributed by atoms with Gasteiger partial charge < -0.3 is 14.5 Å². The molecule has 7 nitrogen and oxygen atoms in total. The number of carbonyl (C=O) groups excluding carboxylic acids is 1. The minimum Gasteiger partial charge on any atom is -0.372 e. The molecule has 1 amide bonds. The number of hydrogen-bond acceptors (Lipinski definition) is 5. The van der Waals surface area contributed by atoms with Gasteiger partial charge in [-0.3, -0.25) is 9.59 Å². The molecule has 1 fully saturated rings. The molecule has 0 aliphatic carbocycles. The van der Waals surface area contributed by atoms with Crippen molar-refractivity contribution in [3.8, 4) is 5.69 Å². The molecule has 0 spiro atoms. The number of anilines is 1. The average Bonchev–Trinajstić information content (AvgIpc) is 2.93. The maximum Gasteiger partial charge on any atom is 0.271 e. The molecule has 0 unspecified atom stereocenters. The molecule has 1 aromatic carbocycles. The third kappa shape index (κ3) is 4.29. The zero-order valence-electron chi connectivity index (χ0n) is 15.0. The van der Waals surface area contributed by atoms with Crippen LogP contribution in [0.3, 0.4) is 0 Å². The third-order valence-corrected chi connectivity index (χ3v) is 4.39. The molecule has 26 heavy (non-hydrogen) atoms. The van der Waals surface area contributed by atoms with Gasteiger partial charge in [0.05, 0.1) is 5.69 Å². The summed E-state index contributed by atoms with van der Waals surface area (Å²) in [6.07, 6.45) is 0.851. The first-order valence-corrected chi connectivity index (χ1v) is 8.95. The summed E-state index contributed by atoms with van der Waals surface area (Å²) in [6.45, 7) is 5.35. The Hall–Kier alpha value is -2.67. The van der Waals surface area contributed by atoms with Crippen molar-refractivity contribution in [1.82, 2.24) is 14.7 Å². The number of nitrogens with zero attached hydrogens (tertiary/aromatic N) is 4. The summed E-state index contributed by atoms with van der Waals surface area (Å²) < 4.78 is 6.64. The zero-order valence-corrected chi connectivity index (χ0v) is 15.0. The lowest BCUT2D eigenvalue weighted by atomic mass is 10.3. The summed E-state index contributed by atoms with van der Waals surface area (Å²) in [5, 5.41) is 4.53. The second kappa shape index (κ2) is 8.62. The molecular weight excluding hydrogens is 332 g/mol. The van der Waals surface area contributed by atoms with Crippen molar-refractivity contribution in [2.45, 2.75) is 13.3 Å². The van der Waals surface area contributed by atoms with E-state index in [0.29, 0.717) is 26.2 Å². The fraction of sp³-hybridized carbons (Fsp3) is 0.421. The molecule has 1 aliphatic heterocycles. The molecule has 0 N–H and O–H groups in total. The highest BCUT2D eigenvalue weighted by Gasteiger charge is 2.20. The largest absolute Gasteiger partial charge is 0.372 e. The normalized spacial score (nSPS) is 15.0. The number of amides is 1. The molecule has 0 radical (unpaired) electrons. The molecule has 138 valence electrons. The number of para-hydroxylation sites is 1. The van der Waals surface area contributed by atoms with E-state index >= 15 is 0 Å². The van der Waals surface area contributed by atoms with E-state index in [1.165, 1.54) is 10.7 Å². The van der Waals surface area contributed by atoms with Crippen LogP contribution >= 0.6 is 0 Å². The number of rotatable bonds is 5. The molecule has 2 heterocycles. The van der Waals surface area contributed by atoms with E-state index in [9.17, 15) is 9.59 Å². The number of benzene rings is 1. The zero-order chi connectivity index (χ0) is 18.4. The van der Waals surface area contributed by atoms with Gasteiger partial charge in [0.15, 0.2) is 0 Å². The van der Waals surface area contributed by atoms with E-state index < -0.39 is 0 Å². The lowest BCUT2D eigenvalue weighted by Crippen LogP contribution is -2.37. The standard InChI is InChI=1S/C19H24N4O3/c1-2-26-15-19(25)22-12-6-11-21(13-14-22)17-9-10-18(24)23(20-17)16-7-4-3-5-8-16/h3-5,7-10H,2,6,11-15H2,1H3. The van der Waals surface area contributed by atoms with Crippen LogP contribution in [-0.4, -0.2) is 60.0 Å². The second-order valence-corrected chi connectivity index (χ2v) is 6.14. The van der Waals surface area contributed by atoms with Crippen molar-refractivity contribution in [2.24, 2.45) is 0 Å². The Morgan fingerprint density at radius 2 is 1.88 bits per heavy atom. The Bertz CT molecular complexity index is 791. The minimum absolute atomic E-state index is 0.0240. The minimum atomic E-state index is -0.164. The Morgan fingerprint density at radius 3 is 2.65 bits per heavy atom. The van der Waals surface area contributed by atoms with Crippen molar-refractivity contribution < 1.29 is 9.53 Å². The second-order valence-electron chi connectivity index (χ2n) is 6.14. The Morgan fingerprint density at radius 1 is 1.08 bits per heavy atom. The number of carbonyl (C=O) groups is 1. The van der Waals surface area contributed by atoms with E-state index in [-0.39, 0.29) is 18.1 Å². The first kappa shape index (κ1) is 18.1. The number of hydrogen-bond donors (Lipinski definition) is 0. The summed E-state index contributed by atoms with van der Waals surface area (Å²) in [5.41, 5.74) is 0.575. The molecule has 7 heteroatoms. The summed E-state index contributed by atoms with van der Waals surface area (Å²) in [7, 11) is 0. The van der Waals surface area contributed by atoms with Gasteiger partial charge in [0, 0.05) is 38.9 Å². The van der Waals surface area contributed by atoms with Crippen LogP contribution in [0.1, 0.15) is 13.3 Å². The fourth-order valence-electron chi connectivity index (χ4n) is 3.00. The van der Waals surface area contributed by atoms with Crippen molar-refractivity contribution >= 4 is 11.7 Å². The van der Waals surface area contributed by atoms with E-state index in [0.717, 1.165) is 24.5 Å². The lowest BCUT2D eigenvalue weighted by molar-refractivity contribution is -0.135. The van der Waals surface area contributed by atoms with Gasteiger partial charge in [0.2, 0.25) is 5.91 Å². The van der Waals surface area contributed by atoms with Gasteiger partial charge in [-0.05, 0) is 31.5 Å². The van der Waals surface area contributed by atoms with E-state index in [4.69, 9.17) is 4.74 Å². The highest BCUT2D eigenvalue weighted by molar-refractivity contribution is 5.77. The summed E-state index contributed by atoms with van der Waals surface area (Å²) in [4.78, 5) is 28.3. The third-order valence-electron chi connectivity index (χ3n) is 4.39. The molecule has 1 saturated heterocycles. The molecule has 0 saturated carbocycles. The van der Waals surface area contributed by atoms with Gasteiger partial charge >= 0.3 is 0 Å². The van der Waals surface area contributed by atoms with E-state index in [1.807, 2.05) is 42.2 Å². The van der Waals surface area contributed by atoms with Crippen molar-refractivity contribution in [2.75, 3.05) is 44.3 Å². The predicted octanol–water partition coefficient (Wildman–Crippen LogP) is 1.31. The van der Waals surface area contributed by atoms with E-state index in [1.54, 1.807) is 6.07 Å². The molecule has 0 bridgehead atoms. The summed E-state index contributed by atoms with van der Waals surface area (Å²) in [5.74, 6) is 0.767. The smallest absolute Gasteiger partial charge is 0.271 e. The maximum absolute atomic E-state index is 12.2. The van der Waals surface area contributed by atoms with Crippen LogP contribution in [0.2, 0.25) is 0 Å². The molecule has 0 atom stereocenters. The van der Waals surface area contributed by atoms with Crippen LogP contribution in [0.25, 0.3) is 5.69 Å². The molecular formula is C19H24N4O3. The number of ether oxygens (including phenoxy) is 1. The van der Waals surface area contributed by atoms with Gasteiger partial charge in [0.25, 0.3) is 5.56 Å². The highest BCUT2D eigenvalue weighted by atomic mass is 16.5. The number of aromatic nitrogens is 2. The molecule has 3 rings (SSSR count). The predicted molar refractivity (Wildman–Crippen MR) is 99.7 cm³/mol. The average molecular weight is 356 g/mol. The van der Waals surface area contributed by atoms with Crippen molar-refractivity contribution in [3.63, 3.8) is 0 Å². The summed E-state index contributed by atoms with van der Waals surface area (Å²) in [6, 6.07) is 12.7. The van der Waals surface area contributed by atoms with Crippen LogP contribution in [0.15, 0.2) is 47.3 Å². The Balaban J connectivity index is 1.74. The van der Waals surface area contributed by atoms with Crippen LogP contribution in [0.5, 0.6) is 0 Å². The van der Waals surface area contributed by atoms with E-state index in [2.05, 4.69) is 10.00 Å². The van der Waals surface area contributed by atoms with Gasteiger partial charge in [-0.15, -0.1) is 5.10 Å². The monoisotopic (exact) mass is 356 g/mol. The van der Waals surface area contributed by atoms with Crippen LogP contribution in [0, 0.1) is 0 Å². The topological polar surface area (TPSA) is 67.7 Å². The van der Waals surface area contributed by atoms with Gasteiger partial charge in [-0.25, -0.2) is 0 Å². The SMILES string of the molecule is CCOCC(=O)N1CCCN(c2ccc(=O)n(-c3ccccc3)n2)CC1.